The van der Waals surface area contributed by atoms with Crippen molar-refractivity contribution in [2.24, 2.45) is 0 Å². The van der Waals surface area contributed by atoms with Gasteiger partial charge in [-0.15, -0.1) is 0 Å². The maximum atomic E-state index is 12.3. The first kappa shape index (κ1) is 19.0. The van der Waals surface area contributed by atoms with Gasteiger partial charge in [-0.3, -0.25) is 14.5 Å². The highest BCUT2D eigenvalue weighted by Crippen LogP contribution is 2.18. The van der Waals surface area contributed by atoms with Crippen molar-refractivity contribution >= 4 is 28.4 Å². The number of amides is 2. The molecule has 2 saturated heterocycles. The molecule has 2 amide bonds. The number of piperazine rings is 1. The molecule has 7 nitrogen and oxygen atoms in total. The van der Waals surface area contributed by atoms with Crippen molar-refractivity contribution in [2.45, 2.75) is 19.3 Å². The molecule has 1 aromatic carbocycles. The SMILES string of the molecule is O=C(CCN1CCN(CC(=O)N2CCCC2)CC1)Nc1ccc2cc[nH]c2c1. The molecule has 0 radical (unpaired) electrons. The van der Waals surface area contributed by atoms with Crippen LogP contribution in [0.4, 0.5) is 5.69 Å². The third kappa shape index (κ3) is 4.72. The number of nitrogens with one attached hydrogen (secondary N) is 2. The molecule has 2 aromatic rings. The topological polar surface area (TPSA) is 71.7 Å². The van der Waals surface area contributed by atoms with Crippen molar-refractivity contribution in [3.05, 3.63) is 30.5 Å². The van der Waals surface area contributed by atoms with Gasteiger partial charge in [0.1, 0.15) is 0 Å². The fourth-order valence-electron chi connectivity index (χ4n) is 4.04. The zero-order valence-electron chi connectivity index (χ0n) is 16.3. The van der Waals surface area contributed by atoms with Crippen LogP contribution < -0.4 is 5.32 Å². The van der Waals surface area contributed by atoms with E-state index >= 15 is 0 Å². The Labute approximate surface area is 165 Å². The summed E-state index contributed by atoms with van der Waals surface area (Å²) in [5.41, 5.74) is 1.85. The number of anilines is 1. The minimum atomic E-state index is 0.0394. The van der Waals surface area contributed by atoms with Crippen molar-refractivity contribution in [3.63, 3.8) is 0 Å². The molecule has 150 valence electrons. The van der Waals surface area contributed by atoms with E-state index < -0.39 is 0 Å². The van der Waals surface area contributed by atoms with Gasteiger partial charge in [0.05, 0.1) is 6.54 Å². The van der Waals surface area contributed by atoms with E-state index in [1.165, 1.54) is 0 Å². The van der Waals surface area contributed by atoms with Crippen molar-refractivity contribution in [1.82, 2.24) is 19.7 Å². The number of hydrogen-bond acceptors (Lipinski definition) is 4. The summed E-state index contributed by atoms with van der Waals surface area (Å²) in [5.74, 6) is 0.307. The number of likely N-dealkylation sites (tertiary alicyclic amines) is 1. The molecular weight excluding hydrogens is 354 g/mol. The molecule has 2 N–H and O–H groups in total. The molecule has 0 saturated carbocycles. The van der Waals surface area contributed by atoms with E-state index in [0.29, 0.717) is 13.0 Å². The Bertz CT molecular complexity index is 819. The number of aromatic nitrogens is 1. The number of carbonyl (C=O) groups is 2. The third-order valence-electron chi connectivity index (χ3n) is 5.78. The van der Waals surface area contributed by atoms with E-state index in [1.807, 2.05) is 35.4 Å². The lowest BCUT2D eigenvalue weighted by Gasteiger charge is -2.34. The van der Waals surface area contributed by atoms with E-state index in [2.05, 4.69) is 20.1 Å². The summed E-state index contributed by atoms with van der Waals surface area (Å²) in [6.45, 7) is 6.74. The van der Waals surface area contributed by atoms with Gasteiger partial charge in [-0.05, 0) is 36.4 Å². The van der Waals surface area contributed by atoms with Crippen molar-refractivity contribution < 1.29 is 9.59 Å². The number of H-pyrrole nitrogens is 1. The van der Waals surface area contributed by atoms with Gasteiger partial charge < -0.3 is 20.1 Å². The molecule has 2 aliphatic heterocycles. The van der Waals surface area contributed by atoms with Gasteiger partial charge in [0.25, 0.3) is 0 Å². The smallest absolute Gasteiger partial charge is 0.236 e. The normalized spacial score (nSPS) is 18.6. The van der Waals surface area contributed by atoms with E-state index in [1.54, 1.807) is 0 Å². The molecule has 0 atom stereocenters. The standard InChI is InChI=1S/C21H29N5O2/c27-20(23-18-4-3-17-5-7-22-19(17)15-18)6-10-24-11-13-25(14-12-24)16-21(28)26-8-1-2-9-26/h3-5,7,15,22H,1-2,6,8-14,16H2,(H,23,27). The van der Waals surface area contributed by atoms with Crippen LogP contribution >= 0.6 is 0 Å². The molecule has 4 rings (SSSR count). The van der Waals surface area contributed by atoms with Crippen LogP contribution in [0.2, 0.25) is 0 Å². The molecule has 3 heterocycles. The van der Waals surface area contributed by atoms with Gasteiger partial charge in [0.15, 0.2) is 0 Å². The Hall–Kier alpha value is -2.38. The van der Waals surface area contributed by atoms with Gasteiger partial charge in [0.2, 0.25) is 11.8 Å². The zero-order chi connectivity index (χ0) is 19.3. The summed E-state index contributed by atoms with van der Waals surface area (Å²) >= 11 is 0. The Kier molecular flexibility index (Phi) is 5.92. The largest absolute Gasteiger partial charge is 0.361 e. The molecule has 2 fully saturated rings. The fourth-order valence-corrected chi connectivity index (χ4v) is 4.04. The molecule has 0 spiro atoms. The molecular formula is C21H29N5O2. The number of benzene rings is 1. The van der Waals surface area contributed by atoms with E-state index in [9.17, 15) is 9.59 Å². The van der Waals surface area contributed by atoms with Gasteiger partial charge in [-0.2, -0.15) is 0 Å². The van der Waals surface area contributed by atoms with Crippen LogP contribution in [-0.4, -0.2) is 83.9 Å². The minimum Gasteiger partial charge on any atom is -0.361 e. The van der Waals surface area contributed by atoms with Crippen LogP contribution in [0.15, 0.2) is 30.5 Å². The van der Waals surface area contributed by atoms with Gasteiger partial charge >= 0.3 is 0 Å². The molecule has 28 heavy (non-hydrogen) atoms. The fraction of sp³-hybridized carbons (Fsp3) is 0.524. The Balaban J connectivity index is 1.16. The van der Waals surface area contributed by atoms with E-state index in [0.717, 1.165) is 75.2 Å². The summed E-state index contributed by atoms with van der Waals surface area (Å²) in [7, 11) is 0. The first-order valence-electron chi connectivity index (χ1n) is 10.3. The number of hydrogen-bond donors (Lipinski definition) is 2. The van der Waals surface area contributed by atoms with Crippen molar-refractivity contribution in [2.75, 3.05) is 57.7 Å². The first-order chi connectivity index (χ1) is 13.7. The number of aromatic amines is 1. The summed E-state index contributed by atoms with van der Waals surface area (Å²) in [5, 5.41) is 4.12. The Morgan fingerprint density at radius 2 is 1.71 bits per heavy atom. The molecule has 0 aliphatic carbocycles. The number of nitrogens with zero attached hydrogens (tertiary/aromatic N) is 3. The van der Waals surface area contributed by atoms with Gasteiger partial charge in [0, 0.05) is 69.6 Å². The average Bonchev–Trinajstić information content (AvgIpc) is 3.39. The highest BCUT2D eigenvalue weighted by molar-refractivity contribution is 5.93. The summed E-state index contributed by atoms with van der Waals surface area (Å²) in [4.78, 5) is 34.2. The molecule has 0 unspecified atom stereocenters. The van der Waals surface area contributed by atoms with Gasteiger partial charge in [-0.25, -0.2) is 0 Å². The second-order valence-electron chi connectivity index (χ2n) is 7.78. The summed E-state index contributed by atoms with van der Waals surface area (Å²) in [6, 6.07) is 7.91. The van der Waals surface area contributed by atoms with E-state index in [4.69, 9.17) is 0 Å². The lowest BCUT2D eigenvalue weighted by Crippen LogP contribution is -2.50. The van der Waals surface area contributed by atoms with Gasteiger partial charge in [-0.1, -0.05) is 6.07 Å². The monoisotopic (exact) mass is 383 g/mol. The Morgan fingerprint density at radius 3 is 2.50 bits per heavy atom. The quantitative estimate of drug-likeness (QED) is 0.797. The zero-order valence-corrected chi connectivity index (χ0v) is 16.3. The third-order valence-corrected chi connectivity index (χ3v) is 5.78. The van der Waals surface area contributed by atoms with E-state index in [-0.39, 0.29) is 11.8 Å². The average molecular weight is 383 g/mol. The second-order valence-corrected chi connectivity index (χ2v) is 7.78. The second kappa shape index (κ2) is 8.75. The van der Waals surface area contributed by atoms with Crippen LogP contribution in [-0.2, 0) is 9.59 Å². The molecule has 0 bridgehead atoms. The molecule has 2 aliphatic rings. The lowest BCUT2D eigenvalue weighted by molar-refractivity contribution is -0.131. The molecule has 1 aromatic heterocycles. The first-order valence-corrected chi connectivity index (χ1v) is 10.3. The van der Waals surface area contributed by atoms with Crippen LogP contribution in [0.25, 0.3) is 10.9 Å². The van der Waals surface area contributed by atoms with Crippen molar-refractivity contribution in [1.29, 1.82) is 0 Å². The van der Waals surface area contributed by atoms with Crippen LogP contribution in [0.5, 0.6) is 0 Å². The lowest BCUT2D eigenvalue weighted by atomic mass is 10.2. The maximum Gasteiger partial charge on any atom is 0.236 e. The van der Waals surface area contributed by atoms with Crippen molar-refractivity contribution in [3.8, 4) is 0 Å². The summed E-state index contributed by atoms with van der Waals surface area (Å²) < 4.78 is 0. The number of fused-ring (bicyclic) bond motifs is 1. The van der Waals surface area contributed by atoms with Crippen LogP contribution in [0.1, 0.15) is 19.3 Å². The number of carbonyl (C=O) groups excluding carboxylic acids is 2. The predicted molar refractivity (Wildman–Crippen MR) is 110 cm³/mol. The Morgan fingerprint density at radius 1 is 0.964 bits per heavy atom. The highest BCUT2D eigenvalue weighted by atomic mass is 16.2. The molecule has 7 heteroatoms. The summed E-state index contributed by atoms with van der Waals surface area (Å²) in [6.07, 6.45) is 4.66. The van der Waals surface area contributed by atoms with Crippen LogP contribution in [0.3, 0.4) is 0 Å². The predicted octanol–water partition coefficient (Wildman–Crippen LogP) is 1.74. The number of rotatable bonds is 6. The highest BCUT2D eigenvalue weighted by Gasteiger charge is 2.23. The maximum absolute atomic E-state index is 12.3. The minimum absolute atomic E-state index is 0.0394. The van der Waals surface area contributed by atoms with Crippen LogP contribution in [0, 0.1) is 0 Å².